The van der Waals surface area contributed by atoms with Crippen LogP contribution in [-0.2, 0) is 6.42 Å². The van der Waals surface area contributed by atoms with Crippen molar-refractivity contribution >= 4 is 16.7 Å². The van der Waals surface area contributed by atoms with Gasteiger partial charge in [0.15, 0.2) is 0 Å². The average Bonchev–Trinajstić information content (AvgIpc) is 2.30. The summed E-state index contributed by atoms with van der Waals surface area (Å²) in [6, 6.07) is 8.83. The molecule has 0 aromatic heterocycles. The van der Waals surface area contributed by atoms with Crippen LogP contribution in [0.5, 0.6) is 0 Å². The average molecular weight is 218 g/mol. The van der Waals surface area contributed by atoms with Gasteiger partial charge >= 0.3 is 0 Å². The second-order valence-electron chi connectivity index (χ2n) is 3.97. The second kappa shape index (κ2) is 5.41. The fourth-order valence-corrected chi connectivity index (χ4v) is 3.15. The molecule has 1 aliphatic rings. The molecule has 1 aliphatic carbocycles. The molecule has 0 unspecified atom stereocenters. The molecule has 0 heterocycles. The Morgan fingerprint density at radius 3 is 3.00 bits per heavy atom. The predicted octanol–water partition coefficient (Wildman–Crippen LogP) is 4.51. The second-order valence-corrected chi connectivity index (χ2v) is 5.10. The lowest BCUT2D eigenvalue weighted by Gasteiger charge is -2.16. The van der Waals surface area contributed by atoms with Crippen LogP contribution in [0.25, 0.3) is 4.91 Å². The van der Waals surface area contributed by atoms with Gasteiger partial charge in [-0.1, -0.05) is 43.7 Å². The van der Waals surface area contributed by atoms with E-state index in [0.717, 1.165) is 0 Å². The van der Waals surface area contributed by atoms with E-state index in [4.69, 9.17) is 0 Å². The molecular formula is C14H18S. The molecule has 0 atom stereocenters. The number of hydrogen-bond donors (Lipinski definition) is 0. The van der Waals surface area contributed by atoms with Crippen LogP contribution in [0.1, 0.15) is 37.3 Å². The SMILES string of the molecule is CCCCSC1=CCCc2ccccc21. The fourth-order valence-electron chi connectivity index (χ4n) is 1.91. The molecule has 0 spiro atoms. The number of benzene rings is 1. The number of hydrogen-bond acceptors (Lipinski definition) is 1. The van der Waals surface area contributed by atoms with Crippen molar-refractivity contribution in [2.24, 2.45) is 0 Å². The van der Waals surface area contributed by atoms with E-state index in [0.29, 0.717) is 0 Å². The standard InChI is InChI=1S/C14H18S/c1-2-3-11-15-14-10-6-8-12-7-4-5-9-13(12)14/h4-5,7,9-10H,2-3,6,8,11H2,1H3. The molecule has 1 aromatic carbocycles. The number of thioether (sulfide) groups is 1. The maximum absolute atomic E-state index is 2.41. The number of unbranched alkanes of at least 4 members (excludes halogenated alkanes) is 1. The van der Waals surface area contributed by atoms with Crippen LogP contribution in [0.2, 0.25) is 0 Å². The van der Waals surface area contributed by atoms with E-state index in [1.54, 1.807) is 0 Å². The van der Waals surface area contributed by atoms with Crippen LogP contribution in [-0.4, -0.2) is 5.75 Å². The summed E-state index contributed by atoms with van der Waals surface area (Å²) in [6.07, 6.45) is 7.45. The van der Waals surface area contributed by atoms with E-state index < -0.39 is 0 Å². The molecule has 0 radical (unpaired) electrons. The Morgan fingerprint density at radius 1 is 1.27 bits per heavy atom. The van der Waals surface area contributed by atoms with Crippen molar-refractivity contribution < 1.29 is 0 Å². The monoisotopic (exact) mass is 218 g/mol. The molecule has 2 rings (SSSR count). The molecule has 80 valence electrons. The molecule has 15 heavy (non-hydrogen) atoms. The summed E-state index contributed by atoms with van der Waals surface area (Å²) < 4.78 is 0. The minimum atomic E-state index is 1.21. The Hall–Kier alpha value is -0.690. The van der Waals surface area contributed by atoms with Gasteiger partial charge in [-0.2, -0.15) is 0 Å². The number of fused-ring (bicyclic) bond motifs is 1. The van der Waals surface area contributed by atoms with Crippen LogP contribution >= 0.6 is 11.8 Å². The summed E-state index contributed by atoms with van der Waals surface area (Å²) in [6.45, 7) is 2.25. The third-order valence-electron chi connectivity index (χ3n) is 2.78. The lowest BCUT2D eigenvalue weighted by Crippen LogP contribution is -1.97. The van der Waals surface area contributed by atoms with Gasteiger partial charge in [-0.05, 0) is 36.1 Å². The predicted molar refractivity (Wildman–Crippen MR) is 70.1 cm³/mol. The van der Waals surface area contributed by atoms with Gasteiger partial charge in [0.1, 0.15) is 0 Å². The minimum Gasteiger partial charge on any atom is -0.126 e. The molecule has 0 fully saturated rings. The highest BCUT2D eigenvalue weighted by molar-refractivity contribution is 8.08. The van der Waals surface area contributed by atoms with Crippen LogP contribution in [0.15, 0.2) is 30.3 Å². The van der Waals surface area contributed by atoms with Crippen LogP contribution in [0, 0.1) is 0 Å². The Morgan fingerprint density at radius 2 is 2.13 bits per heavy atom. The molecule has 0 saturated heterocycles. The Balaban J connectivity index is 2.09. The summed E-state index contributed by atoms with van der Waals surface area (Å²) in [5.41, 5.74) is 3.00. The fraction of sp³-hybridized carbons (Fsp3) is 0.429. The zero-order chi connectivity index (χ0) is 10.5. The van der Waals surface area contributed by atoms with Gasteiger partial charge in [0.2, 0.25) is 0 Å². The molecule has 0 nitrogen and oxygen atoms in total. The highest BCUT2D eigenvalue weighted by atomic mass is 32.2. The van der Waals surface area contributed by atoms with Crippen LogP contribution in [0.4, 0.5) is 0 Å². The first-order valence-electron chi connectivity index (χ1n) is 5.83. The first kappa shape index (κ1) is 10.8. The molecule has 0 N–H and O–H groups in total. The normalized spacial score (nSPS) is 14.6. The summed E-state index contributed by atoms with van der Waals surface area (Å²) >= 11 is 2.03. The van der Waals surface area contributed by atoms with E-state index in [-0.39, 0.29) is 0 Å². The smallest absolute Gasteiger partial charge is 0.0107 e. The summed E-state index contributed by atoms with van der Waals surface area (Å²) in [5, 5.41) is 0. The Kier molecular flexibility index (Phi) is 3.90. The lowest BCUT2D eigenvalue weighted by molar-refractivity contribution is 0.897. The van der Waals surface area contributed by atoms with Gasteiger partial charge in [-0.15, -0.1) is 11.8 Å². The first-order valence-corrected chi connectivity index (χ1v) is 6.81. The van der Waals surface area contributed by atoms with E-state index in [9.17, 15) is 0 Å². The molecule has 0 saturated carbocycles. The Labute approximate surface area is 96.8 Å². The molecular weight excluding hydrogens is 200 g/mol. The van der Waals surface area contributed by atoms with Crippen molar-refractivity contribution in [2.75, 3.05) is 5.75 Å². The topological polar surface area (TPSA) is 0 Å². The van der Waals surface area contributed by atoms with Crippen molar-refractivity contribution in [2.45, 2.75) is 32.6 Å². The first-order chi connectivity index (χ1) is 7.42. The molecule has 1 aromatic rings. The molecule has 0 bridgehead atoms. The van der Waals surface area contributed by atoms with Crippen molar-refractivity contribution in [3.63, 3.8) is 0 Å². The van der Waals surface area contributed by atoms with Crippen molar-refractivity contribution in [1.82, 2.24) is 0 Å². The van der Waals surface area contributed by atoms with E-state index in [2.05, 4.69) is 37.3 Å². The van der Waals surface area contributed by atoms with E-state index >= 15 is 0 Å². The zero-order valence-electron chi connectivity index (χ0n) is 9.33. The van der Waals surface area contributed by atoms with Gasteiger partial charge in [-0.25, -0.2) is 0 Å². The summed E-state index contributed by atoms with van der Waals surface area (Å²) in [4.78, 5) is 1.50. The van der Waals surface area contributed by atoms with Gasteiger partial charge in [0.25, 0.3) is 0 Å². The molecule has 1 heteroatoms. The zero-order valence-corrected chi connectivity index (χ0v) is 10.1. The van der Waals surface area contributed by atoms with Crippen molar-refractivity contribution in [3.8, 4) is 0 Å². The lowest BCUT2D eigenvalue weighted by atomic mass is 9.97. The summed E-state index contributed by atoms with van der Waals surface area (Å²) in [7, 11) is 0. The van der Waals surface area contributed by atoms with Gasteiger partial charge < -0.3 is 0 Å². The van der Waals surface area contributed by atoms with E-state index in [1.807, 2.05) is 11.8 Å². The quantitative estimate of drug-likeness (QED) is 0.670. The third-order valence-corrected chi connectivity index (χ3v) is 3.97. The van der Waals surface area contributed by atoms with Gasteiger partial charge in [0.05, 0.1) is 0 Å². The molecule has 0 amide bonds. The van der Waals surface area contributed by atoms with Crippen LogP contribution < -0.4 is 0 Å². The van der Waals surface area contributed by atoms with Crippen molar-refractivity contribution in [1.29, 1.82) is 0 Å². The highest BCUT2D eigenvalue weighted by Crippen LogP contribution is 2.34. The van der Waals surface area contributed by atoms with Crippen LogP contribution in [0.3, 0.4) is 0 Å². The number of allylic oxidation sites excluding steroid dienone is 1. The maximum atomic E-state index is 2.41. The number of rotatable bonds is 4. The van der Waals surface area contributed by atoms with E-state index in [1.165, 1.54) is 47.5 Å². The van der Waals surface area contributed by atoms with Crippen molar-refractivity contribution in [3.05, 3.63) is 41.5 Å². The van der Waals surface area contributed by atoms with Gasteiger partial charge in [-0.3, -0.25) is 0 Å². The Bertz CT molecular complexity index is 352. The summed E-state index contributed by atoms with van der Waals surface area (Å²) in [5.74, 6) is 1.26. The largest absolute Gasteiger partial charge is 0.126 e. The molecule has 0 aliphatic heterocycles. The highest BCUT2D eigenvalue weighted by Gasteiger charge is 2.11. The number of aryl methyl sites for hydroxylation is 1. The third kappa shape index (κ3) is 2.66. The minimum absolute atomic E-state index is 1.21. The maximum Gasteiger partial charge on any atom is 0.0107 e. The van der Waals surface area contributed by atoms with Gasteiger partial charge in [0, 0.05) is 4.91 Å².